The number of fused-ring (bicyclic) bond motifs is 1. The molecular formula is C13H12ClN5S. The van der Waals surface area contributed by atoms with Gasteiger partial charge in [0.05, 0.1) is 10.2 Å². The third kappa shape index (κ3) is 2.72. The van der Waals surface area contributed by atoms with Gasteiger partial charge in [-0.1, -0.05) is 6.07 Å². The number of aromatic nitrogens is 3. The number of pyridine rings is 1. The van der Waals surface area contributed by atoms with Crippen molar-refractivity contribution in [1.82, 2.24) is 20.3 Å². The van der Waals surface area contributed by atoms with Gasteiger partial charge in [-0.3, -0.25) is 0 Å². The van der Waals surface area contributed by atoms with Gasteiger partial charge in [0, 0.05) is 17.6 Å². The van der Waals surface area contributed by atoms with Gasteiger partial charge in [0.2, 0.25) is 5.28 Å². The zero-order valence-corrected chi connectivity index (χ0v) is 12.3. The maximum atomic E-state index is 5.98. The molecule has 7 heteroatoms. The molecule has 0 spiro atoms. The summed E-state index contributed by atoms with van der Waals surface area (Å²) in [5, 5.41) is 6.54. The van der Waals surface area contributed by atoms with E-state index in [4.69, 9.17) is 11.6 Å². The first-order chi connectivity index (χ1) is 9.76. The number of halogens is 1. The van der Waals surface area contributed by atoms with Crippen LogP contribution in [0.4, 0.5) is 11.6 Å². The van der Waals surface area contributed by atoms with Gasteiger partial charge in [-0.15, -0.1) is 11.3 Å². The Labute approximate surface area is 125 Å². The predicted molar refractivity (Wildman–Crippen MR) is 82.7 cm³/mol. The lowest BCUT2D eigenvalue weighted by molar-refractivity contribution is 0.832. The molecule has 2 N–H and O–H groups in total. The van der Waals surface area contributed by atoms with Gasteiger partial charge in [0.25, 0.3) is 0 Å². The molecule has 3 aromatic rings. The van der Waals surface area contributed by atoms with Crippen molar-refractivity contribution in [1.29, 1.82) is 0 Å². The van der Waals surface area contributed by atoms with Crippen LogP contribution in [-0.2, 0) is 6.54 Å². The van der Waals surface area contributed by atoms with Gasteiger partial charge in [-0.05, 0) is 36.8 Å². The van der Waals surface area contributed by atoms with Crippen molar-refractivity contribution in [3.63, 3.8) is 0 Å². The number of thiophene rings is 1. The lowest BCUT2D eigenvalue weighted by Gasteiger charge is -2.05. The number of hydrogen-bond donors (Lipinski definition) is 2. The smallest absolute Gasteiger partial charge is 0.224 e. The fourth-order valence-electron chi connectivity index (χ4n) is 1.86. The monoisotopic (exact) mass is 305 g/mol. The van der Waals surface area contributed by atoms with E-state index in [9.17, 15) is 0 Å². The minimum Gasteiger partial charge on any atom is -0.324 e. The van der Waals surface area contributed by atoms with Gasteiger partial charge in [0.15, 0.2) is 5.82 Å². The van der Waals surface area contributed by atoms with E-state index in [0.29, 0.717) is 5.82 Å². The van der Waals surface area contributed by atoms with Crippen LogP contribution in [0.15, 0.2) is 30.5 Å². The number of rotatable bonds is 4. The van der Waals surface area contributed by atoms with Crippen LogP contribution in [-0.4, -0.2) is 22.0 Å². The molecule has 5 nitrogen and oxygen atoms in total. The quantitative estimate of drug-likeness (QED) is 0.725. The number of hydrogen-bond acceptors (Lipinski definition) is 6. The fourth-order valence-corrected chi connectivity index (χ4v) is 3.08. The lowest BCUT2D eigenvalue weighted by atomic mass is 10.4. The summed E-state index contributed by atoms with van der Waals surface area (Å²) in [6.07, 6.45) is 1.73. The molecule has 3 rings (SSSR count). The topological polar surface area (TPSA) is 62.7 Å². The first-order valence-electron chi connectivity index (χ1n) is 6.05. The molecule has 0 radical (unpaired) electrons. The molecule has 0 bridgehead atoms. The number of nitrogens with zero attached hydrogens (tertiary/aromatic N) is 3. The van der Waals surface area contributed by atoms with Crippen LogP contribution in [0, 0.1) is 0 Å². The van der Waals surface area contributed by atoms with Crippen LogP contribution in [0.25, 0.3) is 10.2 Å². The molecule has 0 aliphatic carbocycles. The van der Waals surface area contributed by atoms with Crippen LogP contribution in [0.3, 0.4) is 0 Å². The number of nitrogens with one attached hydrogen (secondary N) is 2. The van der Waals surface area contributed by atoms with E-state index in [0.717, 1.165) is 22.6 Å². The van der Waals surface area contributed by atoms with Gasteiger partial charge in [-0.25, -0.2) is 9.97 Å². The third-order valence-electron chi connectivity index (χ3n) is 2.66. The molecule has 0 amide bonds. The van der Waals surface area contributed by atoms with Crippen LogP contribution in [0.5, 0.6) is 0 Å². The standard InChI is InChI=1S/C13H12ClN5S/c1-15-7-8-6-9-11(20-8)12(19-13(14)17-9)18-10-4-2-3-5-16-10/h2-6,15H,7H2,1H3,(H,16,17,18,19). The summed E-state index contributed by atoms with van der Waals surface area (Å²) in [4.78, 5) is 13.9. The SMILES string of the molecule is CNCc1cc2nc(Cl)nc(Nc3ccccn3)c2s1. The molecule has 102 valence electrons. The van der Waals surface area contributed by atoms with E-state index < -0.39 is 0 Å². The largest absolute Gasteiger partial charge is 0.324 e. The molecular weight excluding hydrogens is 294 g/mol. The zero-order valence-electron chi connectivity index (χ0n) is 10.7. The van der Waals surface area contributed by atoms with Gasteiger partial charge in [-0.2, -0.15) is 4.98 Å². The van der Waals surface area contributed by atoms with Crippen molar-refractivity contribution in [3.05, 3.63) is 40.6 Å². The molecule has 0 aromatic carbocycles. The second kappa shape index (κ2) is 5.70. The predicted octanol–water partition coefficient (Wildman–Crippen LogP) is 3.20. The van der Waals surface area contributed by atoms with Crippen molar-refractivity contribution in [2.75, 3.05) is 12.4 Å². The Morgan fingerprint density at radius 2 is 2.20 bits per heavy atom. The normalized spacial score (nSPS) is 10.9. The Morgan fingerprint density at radius 3 is 2.95 bits per heavy atom. The lowest BCUT2D eigenvalue weighted by Crippen LogP contribution is -2.02. The summed E-state index contributed by atoms with van der Waals surface area (Å²) in [6, 6.07) is 7.68. The van der Waals surface area contributed by atoms with Crippen molar-refractivity contribution >= 4 is 44.8 Å². The summed E-state index contributed by atoms with van der Waals surface area (Å²) in [5.74, 6) is 1.41. The van der Waals surface area contributed by atoms with Crippen LogP contribution < -0.4 is 10.6 Å². The molecule has 0 fully saturated rings. The van der Waals surface area contributed by atoms with Crippen molar-refractivity contribution in [3.8, 4) is 0 Å². The highest BCUT2D eigenvalue weighted by Crippen LogP contribution is 2.32. The maximum Gasteiger partial charge on any atom is 0.224 e. The summed E-state index contributed by atoms with van der Waals surface area (Å²) >= 11 is 7.62. The minimum atomic E-state index is 0.227. The summed E-state index contributed by atoms with van der Waals surface area (Å²) < 4.78 is 0.977. The second-order valence-electron chi connectivity index (χ2n) is 4.14. The Balaban J connectivity index is 2.04. The highest BCUT2D eigenvalue weighted by molar-refractivity contribution is 7.19. The van der Waals surface area contributed by atoms with E-state index in [1.165, 1.54) is 4.88 Å². The molecule has 0 unspecified atom stereocenters. The average molecular weight is 306 g/mol. The van der Waals surface area contributed by atoms with E-state index in [-0.39, 0.29) is 5.28 Å². The van der Waals surface area contributed by atoms with E-state index in [1.807, 2.05) is 31.3 Å². The Bertz CT molecular complexity index is 728. The van der Waals surface area contributed by atoms with Gasteiger partial charge >= 0.3 is 0 Å². The highest BCUT2D eigenvalue weighted by Gasteiger charge is 2.11. The van der Waals surface area contributed by atoms with E-state index in [2.05, 4.69) is 25.6 Å². The molecule has 0 atom stereocenters. The zero-order chi connectivity index (χ0) is 13.9. The first-order valence-corrected chi connectivity index (χ1v) is 7.24. The van der Waals surface area contributed by atoms with E-state index >= 15 is 0 Å². The molecule has 0 aliphatic heterocycles. The van der Waals surface area contributed by atoms with Crippen LogP contribution in [0.1, 0.15) is 4.88 Å². The van der Waals surface area contributed by atoms with Gasteiger partial charge in [0.1, 0.15) is 5.82 Å². The molecule has 3 aromatic heterocycles. The van der Waals surface area contributed by atoms with Crippen LogP contribution in [0.2, 0.25) is 5.28 Å². The fraction of sp³-hybridized carbons (Fsp3) is 0.154. The number of anilines is 2. The summed E-state index contributed by atoms with van der Waals surface area (Å²) in [7, 11) is 1.91. The maximum absolute atomic E-state index is 5.98. The van der Waals surface area contributed by atoms with E-state index in [1.54, 1.807) is 17.5 Å². The first kappa shape index (κ1) is 13.2. The highest BCUT2D eigenvalue weighted by atomic mass is 35.5. The molecule has 0 aliphatic rings. The minimum absolute atomic E-state index is 0.227. The summed E-state index contributed by atoms with van der Waals surface area (Å²) in [5.41, 5.74) is 0.846. The average Bonchev–Trinajstić information content (AvgIpc) is 2.83. The third-order valence-corrected chi connectivity index (χ3v) is 3.96. The van der Waals surface area contributed by atoms with Gasteiger partial charge < -0.3 is 10.6 Å². The van der Waals surface area contributed by atoms with Crippen LogP contribution >= 0.6 is 22.9 Å². The van der Waals surface area contributed by atoms with Crippen molar-refractivity contribution < 1.29 is 0 Å². The Kier molecular flexibility index (Phi) is 3.77. The molecule has 3 heterocycles. The summed E-state index contributed by atoms with van der Waals surface area (Å²) in [6.45, 7) is 0.793. The molecule has 0 saturated heterocycles. The molecule has 20 heavy (non-hydrogen) atoms. The molecule has 0 saturated carbocycles. The van der Waals surface area contributed by atoms with Crippen molar-refractivity contribution in [2.45, 2.75) is 6.54 Å². The van der Waals surface area contributed by atoms with Crippen molar-refractivity contribution in [2.24, 2.45) is 0 Å². The Hall–Kier alpha value is -1.76. The second-order valence-corrected chi connectivity index (χ2v) is 5.61. The Morgan fingerprint density at radius 1 is 1.30 bits per heavy atom.